The van der Waals surface area contributed by atoms with E-state index in [0.29, 0.717) is 0 Å². The summed E-state index contributed by atoms with van der Waals surface area (Å²) in [7, 11) is 2.00. The first-order chi connectivity index (χ1) is 9.26. The predicted molar refractivity (Wildman–Crippen MR) is 87.1 cm³/mol. The molecule has 0 spiro atoms. The van der Waals surface area contributed by atoms with E-state index in [-0.39, 0.29) is 6.04 Å². The molecule has 1 N–H and O–H groups in total. The number of rotatable bonds is 4. The summed E-state index contributed by atoms with van der Waals surface area (Å²) >= 11 is 7.08. The number of halogens is 1. The van der Waals surface area contributed by atoms with Crippen LogP contribution in [-0.4, -0.2) is 12.0 Å². The minimum absolute atomic E-state index is 0.281. The fourth-order valence-corrected chi connectivity index (χ4v) is 4.62. The lowest BCUT2D eigenvalue weighted by Crippen LogP contribution is -2.18. The first-order valence-corrected chi connectivity index (χ1v) is 8.46. The average molecular weight is 353 g/mol. The molecular formula is C14H13BrN2S2. The molecule has 19 heavy (non-hydrogen) atoms. The van der Waals surface area contributed by atoms with Gasteiger partial charge in [-0.1, -0.05) is 12.1 Å². The highest BCUT2D eigenvalue weighted by atomic mass is 79.9. The van der Waals surface area contributed by atoms with Crippen molar-refractivity contribution in [3.8, 4) is 0 Å². The molecule has 5 heteroatoms. The Kier molecular flexibility index (Phi) is 3.98. The number of para-hydroxylation sites is 1. The van der Waals surface area contributed by atoms with E-state index in [1.54, 1.807) is 22.7 Å². The topological polar surface area (TPSA) is 24.9 Å². The molecule has 0 saturated heterocycles. The molecule has 1 aromatic carbocycles. The maximum atomic E-state index is 4.74. The van der Waals surface area contributed by atoms with Gasteiger partial charge in [-0.15, -0.1) is 22.7 Å². The summed E-state index contributed by atoms with van der Waals surface area (Å²) in [6.07, 6.45) is 0.979. The molecule has 0 aliphatic heterocycles. The van der Waals surface area contributed by atoms with Gasteiger partial charge in [-0.2, -0.15) is 0 Å². The van der Waals surface area contributed by atoms with Crippen LogP contribution in [-0.2, 0) is 6.42 Å². The number of fused-ring (bicyclic) bond motifs is 1. The number of aromatic nitrogens is 1. The maximum Gasteiger partial charge on any atom is 0.111 e. The van der Waals surface area contributed by atoms with Crippen LogP contribution in [0.15, 0.2) is 40.2 Å². The Balaban J connectivity index is 1.88. The smallest absolute Gasteiger partial charge is 0.111 e. The average Bonchev–Trinajstić information content (AvgIpc) is 3.01. The number of benzene rings is 1. The van der Waals surface area contributed by atoms with Crippen LogP contribution in [0.3, 0.4) is 0 Å². The third-order valence-electron chi connectivity index (χ3n) is 2.99. The summed E-state index contributed by atoms with van der Waals surface area (Å²) in [5.74, 6) is 0. The van der Waals surface area contributed by atoms with Crippen LogP contribution in [0, 0.1) is 0 Å². The first-order valence-electron chi connectivity index (χ1n) is 6.03. The van der Waals surface area contributed by atoms with E-state index in [0.717, 1.165) is 16.9 Å². The van der Waals surface area contributed by atoms with Crippen LogP contribution in [0.1, 0.15) is 15.9 Å². The Morgan fingerprint density at radius 2 is 2.05 bits per heavy atom. The number of nitrogens with zero attached hydrogens (tertiary/aromatic N) is 1. The standard InChI is InChI=1S/C14H13BrN2S2/c1-16-11(8-9-6-7-13(15)18-9)14-17-10-4-2-3-5-12(10)19-14/h2-7,11,16H,8H2,1H3. The molecule has 0 fully saturated rings. The fraction of sp³-hybridized carbons (Fsp3) is 0.214. The summed E-state index contributed by atoms with van der Waals surface area (Å²) < 4.78 is 2.44. The van der Waals surface area contributed by atoms with Gasteiger partial charge in [-0.05, 0) is 47.2 Å². The van der Waals surface area contributed by atoms with E-state index in [1.165, 1.54) is 13.4 Å². The van der Waals surface area contributed by atoms with E-state index in [9.17, 15) is 0 Å². The van der Waals surface area contributed by atoms with Gasteiger partial charge in [0, 0.05) is 11.3 Å². The quantitative estimate of drug-likeness (QED) is 0.740. The molecule has 2 heterocycles. The summed E-state index contributed by atoms with van der Waals surface area (Å²) in [5.41, 5.74) is 1.09. The minimum atomic E-state index is 0.281. The molecule has 2 aromatic heterocycles. The molecule has 1 unspecified atom stereocenters. The molecule has 98 valence electrons. The molecule has 2 nitrogen and oxygen atoms in total. The zero-order valence-corrected chi connectivity index (χ0v) is 13.6. The lowest BCUT2D eigenvalue weighted by molar-refractivity contribution is 0.594. The van der Waals surface area contributed by atoms with Gasteiger partial charge in [0.2, 0.25) is 0 Å². The Bertz CT molecular complexity index is 656. The molecule has 0 bridgehead atoms. The monoisotopic (exact) mass is 352 g/mol. The number of nitrogens with one attached hydrogen (secondary N) is 1. The van der Waals surface area contributed by atoms with Gasteiger partial charge in [0.05, 0.1) is 20.0 Å². The van der Waals surface area contributed by atoms with Gasteiger partial charge in [-0.25, -0.2) is 4.98 Å². The van der Waals surface area contributed by atoms with Crippen LogP contribution < -0.4 is 5.32 Å². The maximum absolute atomic E-state index is 4.74. The molecule has 3 rings (SSSR count). The number of hydrogen-bond donors (Lipinski definition) is 1. The molecular weight excluding hydrogens is 340 g/mol. The van der Waals surface area contributed by atoms with Gasteiger partial charge in [0.25, 0.3) is 0 Å². The zero-order chi connectivity index (χ0) is 13.2. The van der Waals surface area contributed by atoms with E-state index in [4.69, 9.17) is 4.98 Å². The summed E-state index contributed by atoms with van der Waals surface area (Å²) in [5, 5.41) is 4.54. The van der Waals surface area contributed by atoms with Crippen molar-refractivity contribution in [2.75, 3.05) is 7.05 Å². The highest BCUT2D eigenvalue weighted by Gasteiger charge is 2.15. The minimum Gasteiger partial charge on any atom is -0.311 e. The van der Waals surface area contributed by atoms with Crippen molar-refractivity contribution in [2.24, 2.45) is 0 Å². The third kappa shape index (κ3) is 2.89. The SMILES string of the molecule is CNC(Cc1ccc(Br)s1)c1nc2ccccc2s1. The summed E-state index contributed by atoms with van der Waals surface area (Å²) in [6, 6.07) is 12.9. The van der Waals surface area contributed by atoms with Crippen LogP contribution in [0.5, 0.6) is 0 Å². The number of likely N-dealkylation sites (N-methyl/N-ethyl adjacent to an activating group) is 1. The van der Waals surface area contributed by atoms with Crippen LogP contribution in [0.2, 0.25) is 0 Å². The Morgan fingerprint density at radius 3 is 2.74 bits per heavy atom. The number of thiophene rings is 1. The second-order valence-corrected chi connectivity index (χ2v) is 7.88. The van der Waals surface area contributed by atoms with Gasteiger partial charge in [0.1, 0.15) is 5.01 Å². The summed E-state index contributed by atoms with van der Waals surface area (Å²) in [6.45, 7) is 0. The zero-order valence-electron chi connectivity index (χ0n) is 10.4. The van der Waals surface area contributed by atoms with Crippen molar-refractivity contribution in [1.29, 1.82) is 0 Å². The number of hydrogen-bond acceptors (Lipinski definition) is 4. The second-order valence-electron chi connectivity index (χ2n) is 4.27. The lowest BCUT2D eigenvalue weighted by atomic mass is 10.2. The van der Waals surface area contributed by atoms with E-state index < -0.39 is 0 Å². The molecule has 0 saturated carbocycles. The van der Waals surface area contributed by atoms with Gasteiger partial charge >= 0.3 is 0 Å². The Labute approximate surface area is 128 Å². The van der Waals surface area contributed by atoms with E-state index >= 15 is 0 Å². The van der Waals surface area contributed by atoms with Crippen LogP contribution in [0.25, 0.3) is 10.2 Å². The van der Waals surface area contributed by atoms with E-state index in [1.807, 2.05) is 13.1 Å². The highest BCUT2D eigenvalue weighted by Crippen LogP contribution is 2.30. The summed E-state index contributed by atoms with van der Waals surface area (Å²) in [4.78, 5) is 6.10. The van der Waals surface area contributed by atoms with Crippen molar-refractivity contribution in [3.63, 3.8) is 0 Å². The Morgan fingerprint density at radius 1 is 1.21 bits per heavy atom. The predicted octanol–water partition coefficient (Wildman–Crippen LogP) is 4.62. The van der Waals surface area contributed by atoms with Crippen LogP contribution >= 0.6 is 38.6 Å². The first kappa shape index (κ1) is 13.2. The lowest BCUT2D eigenvalue weighted by Gasteiger charge is -2.11. The molecule has 0 aliphatic rings. The highest BCUT2D eigenvalue weighted by molar-refractivity contribution is 9.11. The van der Waals surface area contributed by atoms with E-state index in [2.05, 4.69) is 51.6 Å². The molecule has 1 atom stereocenters. The fourth-order valence-electron chi connectivity index (χ4n) is 2.01. The van der Waals surface area contributed by atoms with Gasteiger partial charge < -0.3 is 5.32 Å². The van der Waals surface area contributed by atoms with Crippen molar-refractivity contribution >= 4 is 48.8 Å². The van der Waals surface area contributed by atoms with Crippen LogP contribution in [0.4, 0.5) is 0 Å². The number of thiazole rings is 1. The molecule has 3 aromatic rings. The second kappa shape index (κ2) is 5.71. The Hall–Kier alpha value is -0.750. The van der Waals surface area contributed by atoms with Gasteiger partial charge in [-0.3, -0.25) is 0 Å². The van der Waals surface area contributed by atoms with Crippen molar-refractivity contribution in [1.82, 2.24) is 10.3 Å². The van der Waals surface area contributed by atoms with Crippen molar-refractivity contribution in [2.45, 2.75) is 12.5 Å². The molecule has 0 amide bonds. The third-order valence-corrected chi connectivity index (χ3v) is 5.79. The molecule has 0 radical (unpaired) electrons. The largest absolute Gasteiger partial charge is 0.311 e. The van der Waals surface area contributed by atoms with Crippen molar-refractivity contribution in [3.05, 3.63) is 50.1 Å². The van der Waals surface area contributed by atoms with Gasteiger partial charge in [0.15, 0.2) is 0 Å². The molecule has 0 aliphatic carbocycles. The normalized spacial score (nSPS) is 12.9. The van der Waals surface area contributed by atoms with Crippen molar-refractivity contribution < 1.29 is 0 Å².